The maximum Gasteiger partial charge on any atom is -0.00217 e. The number of unbranched alkanes of at least 4 members (excludes halogenated alkanes) is 3. The molecule has 1 nitrogen and oxygen atoms in total. The van der Waals surface area contributed by atoms with Gasteiger partial charge in [-0.15, -0.1) is 0 Å². The second-order valence-electron chi connectivity index (χ2n) is 6.54. The molecule has 0 fully saturated rings. The van der Waals surface area contributed by atoms with Crippen LogP contribution in [0.2, 0.25) is 0 Å². The number of rotatable bonds is 11. The van der Waals surface area contributed by atoms with Crippen LogP contribution in [0.25, 0.3) is 0 Å². The highest BCUT2D eigenvalue weighted by atomic mass is 15.1. The maximum absolute atomic E-state index is 2.49. The number of nitrogens with zero attached hydrogens (tertiary/aromatic N) is 1. The van der Waals surface area contributed by atoms with Gasteiger partial charge in [-0.3, -0.25) is 0 Å². The molecule has 2 aromatic rings. The van der Waals surface area contributed by atoms with Gasteiger partial charge in [0.1, 0.15) is 0 Å². The first-order valence-corrected chi connectivity index (χ1v) is 9.11. The molecule has 0 aliphatic rings. The standard InChI is InChI=1S/C22H31N/c1-23(20-12-10-18-22-15-7-3-8-16-22)19-11-4-9-17-21-13-5-2-6-14-21/h2-3,5-8,13-16H,4,9-12,17-20H2,1H3. The van der Waals surface area contributed by atoms with E-state index < -0.39 is 0 Å². The molecule has 124 valence electrons. The van der Waals surface area contributed by atoms with E-state index in [-0.39, 0.29) is 0 Å². The first kappa shape index (κ1) is 17.7. The van der Waals surface area contributed by atoms with Crippen LogP contribution in [-0.4, -0.2) is 25.0 Å². The van der Waals surface area contributed by atoms with Crippen LogP contribution >= 0.6 is 0 Å². The fraction of sp³-hybridized carbons (Fsp3) is 0.455. The molecule has 0 aliphatic heterocycles. The van der Waals surface area contributed by atoms with Gasteiger partial charge >= 0.3 is 0 Å². The Labute approximate surface area is 142 Å². The third-order valence-electron chi connectivity index (χ3n) is 4.45. The zero-order valence-corrected chi connectivity index (χ0v) is 14.6. The summed E-state index contributed by atoms with van der Waals surface area (Å²) in [6.07, 6.45) is 9.00. The Hall–Kier alpha value is -1.60. The predicted molar refractivity (Wildman–Crippen MR) is 101 cm³/mol. The smallest absolute Gasteiger partial charge is 0.00217 e. The zero-order valence-electron chi connectivity index (χ0n) is 14.6. The van der Waals surface area contributed by atoms with Crippen LogP contribution in [0.15, 0.2) is 60.7 Å². The first-order valence-electron chi connectivity index (χ1n) is 9.11. The molecular weight excluding hydrogens is 278 g/mol. The Balaban J connectivity index is 1.45. The first-order chi connectivity index (χ1) is 11.3. The Morgan fingerprint density at radius 3 is 1.52 bits per heavy atom. The molecule has 0 atom stereocenters. The van der Waals surface area contributed by atoms with Crippen LogP contribution in [-0.2, 0) is 12.8 Å². The molecule has 0 radical (unpaired) electrons. The Bertz CT molecular complexity index is 506. The van der Waals surface area contributed by atoms with E-state index in [9.17, 15) is 0 Å². The third-order valence-corrected chi connectivity index (χ3v) is 4.45. The Morgan fingerprint density at radius 1 is 0.565 bits per heavy atom. The fourth-order valence-corrected chi connectivity index (χ4v) is 3.00. The third kappa shape index (κ3) is 7.99. The van der Waals surface area contributed by atoms with Gasteiger partial charge in [-0.05, 0) is 69.8 Å². The summed E-state index contributed by atoms with van der Waals surface area (Å²) in [5.74, 6) is 0. The van der Waals surface area contributed by atoms with Crippen LogP contribution in [0.5, 0.6) is 0 Å². The van der Waals surface area contributed by atoms with E-state index in [4.69, 9.17) is 0 Å². The summed E-state index contributed by atoms with van der Waals surface area (Å²) in [4.78, 5) is 2.49. The van der Waals surface area contributed by atoms with Crippen LogP contribution in [0.1, 0.15) is 43.2 Å². The van der Waals surface area contributed by atoms with Crippen molar-refractivity contribution in [1.82, 2.24) is 4.90 Å². The molecule has 0 aromatic heterocycles. The molecule has 0 saturated heterocycles. The summed E-state index contributed by atoms with van der Waals surface area (Å²) in [5.41, 5.74) is 2.94. The lowest BCUT2D eigenvalue weighted by molar-refractivity contribution is 0.317. The van der Waals surface area contributed by atoms with E-state index in [2.05, 4.69) is 72.6 Å². The molecule has 23 heavy (non-hydrogen) atoms. The van der Waals surface area contributed by atoms with Gasteiger partial charge in [-0.2, -0.15) is 0 Å². The quantitative estimate of drug-likeness (QED) is 0.505. The highest BCUT2D eigenvalue weighted by Gasteiger charge is 1.99. The maximum atomic E-state index is 2.49. The zero-order chi connectivity index (χ0) is 16.2. The summed E-state index contributed by atoms with van der Waals surface area (Å²) >= 11 is 0. The second kappa shape index (κ2) is 11.0. The summed E-state index contributed by atoms with van der Waals surface area (Å²) in [6, 6.07) is 21.7. The molecule has 2 aromatic carbocycles. The molecule has 0 amide bonds. The van der Waals surface area contributed by atoms with Crippen molar-refractivity contribution < 1.29 is 0 Å². The van der Waals surface area contributed by atoms with Crippen molar-refractivity contribution >= 4 is 0 Å². The monoisotopic (exact) mass is 309 g/mol. The minimum atomic E-state index is 1.21. The fourth-order valence-electron chi connectivity index (χ4n) is 3.00. The molecule has 2 rings (SSSR count). The van der Waals surface area contributed by atoms with Crippen LogP contribution in [0.3, 0.4) is 0 Å². The highest BCUT2D eigenvalue weighted by molar-refractivity contribution is 5.15. The van der Waals surface area contributed by atoms with Crippen LogP contribution in [0, 0.1) is 0 Å². The number of aryl methyl sites for hydroxylation is 2. The number of benzene rings is 2. The molecule has 0 aliphatic carbocycles. The number of hydrogen-bond donors (Lipinski definition) is 0. The second-order valence-corrected chi connectivity index (χ2v) is 6.54. The summed E-state index contributed by atoms with van der Waals surface area (Å²) in [7, 11) is 2.26. The van der Waals surface area contributed by atoms with Gasteiger partial charge in [0.15, 0.2) is 0 Å². The van der Waals surface area contributed by atoms with Crippen molar-refractivity contribution in [3.05, 3.63) is 71.8 Å². The van der Waals surface area contributed by atoms with Crippen molar-refractivity contribution in [1.29, 1.82) is 0 Å². The number of hydrogen-bond acceptors (Lipinski definition) is 1. The predicted octanol–water partition coefficient (Wildman–Crippen LogP) is 5.35. The molecular formula is C22H31N. The van der Waals surface area contributed by atoms with E-state index in [1.54, 1.807) is 0 Å². The molecule has 0 spiro atoms. The van der Waals surface area contributed by atoms with E-state index in [0.717, 1.165) is 0 Å². The van der Waals surface area contributed by atoms with Gasteiger partial charge in [-0.1, -0.05) is 67.1 Å². The van der Waals surface area contributed by atoms with Gasteiger partial charge in [0.25, 0.3) is 0 Å². The van der Waals surface area contributed by atoms with Gasteiger partial charge in [0.2, 0.25) is 0 Å². The molecule has 0 unspecified atom stereocenters. The van der Waals surface area contributed by atoms with E-state index in [1.165, 1.54) is 69.2 Å². The average molecular weight is 309 g/mol. The molecule has 1 heteroatoms. The van der Waals surface area contributed by atoms with Crippen molar-refractivity contribution in [3.8, 4) is 0 Å². The summed E-state index contributed by atoms with van der Waals surface area (Å²) in [6.45, 7) is 2.46. The van der Waals surface area contributed by atoms with Gasteiger partial charge < -0.3 is 4.90 Å². The van der Waals surface area contributed by atoms with Gasteiger partial charge in [-0.25, -0.2) is 0 Å². The average Bonchev–Trinajstić information content (AvgIpc) is 2.60. The van der Waals surface area contributed by atoms with Crippen molar-refractivity contribution in [2.75, 3.05) is 20.1 Å². The molecule has 0 N–H and O–H groups in total. The van der Waals surface area contributed by atoms with E-state index in [0.29, 0.717) is 0 Å². The summed E-state index contributed by atoms with van der Waals surface area (Å²) in [5, 5.41) is 0. The molecule has 0 heterocycles. The SMILES string of the molecule is CN(CCCCCc1ccccc1)CCCCc1ccccc1. The molecule has 0 bridgehead atoms. The largest absolute Gasteiger partial charge is 0.306 e. The minimum Gasteiger partial charge on any atom is -0.306 e. The normalized spacial score (nSPS) is 11.0. The lowest BCUT2D eigenvalue weighted by atomic mass is 10.1. The summed E-state index contributed by atoms with van der Waals surface area (Å²) < 4.78 is 0. The van der Waals surface area contributed by atoms with E-state index in [1.807, 2.05) is 0 Å². The lowest BCUT2D eigenvalue weighted by Gasteiger charge is -2.16. The lowest BCUT2D eigenvalue weighted by Crippen LogP contribution is -2.21. The van der Waals surface area contributed by atoms with Crippen molar-refractivity contribution in [2.45, 2.75) is 44.9 Å². The van der Waals surface area contributed by atoms with Gasteiger partial charge in [0.05, 0.1) is 0 Å². The Morgan fingerprint density at radius 2 is 1.00 bits per heavy atom. The van der Waals surface area contributed by atoms with Crippen LogP contribution < -0.4 is 0 Å². The highest BCUT2D eigenvalue weighted by Crippen LogP contribution is 2.08. The van der Waals surface area contributed by atoms with Crippen molar-refractivity contribution in [3.63, 3.8) is 0 Å². The van der Waals surface area contributed by atoms with Crippen LogP contribution in [0.4, 0.5) is 0 Å². The Kier molecular flexibility index (Phi) is 8.50. The molecule has 0 saturated carbocycles. The topological polar surface area (TPSA) is 3.24 Å². The van der Waals surface area contributed by atoms with E-state index >= 15 is 0 Å². The van der Waals surface area contributed by atoms with Gasteiger partial charge in [0, 0.05) is 0 Å². The minimum absolute atomic E-state index is 1.21. The van der Waals surface area contributed by atoms with Crippen molar-refractivity contribution in [2.24, 2.45) is 0 Å².